The van der Waals surface area contributed by atoms with Gasteiger partial charge in [0, 0.05) is 18.0 Å². The van der Waals surface area contributed by atoms with Crippen LogP contribution in [-0.2, 0) is 0 Å². The highest BCUT2D eigenvalue weighted by atomic mass is 16.5. The fourth-order valence-electron chi connectivity index (χ4n) is 3.46. The molecule has 22 heavy (non-hydrogen) atoms. The predicted octanol–water partition coefficient (Wildman–Crippen LogP) is 2.90. The summed E-state index contributed by atoms with van der Waals surface area (Å²) < 4.78 is 5.90. The second-order valence-corrected chi connectivity index (χ2v) is 6.52. The Bertz CT molecular complexity index is 494. The highest BCUT2D eigenvalue weighted by molar-refractivity contribution is 5.94. The smallest absolute Gasteiger partial charge is 0.251 e. The minimum absolute atomic E-state index is 0.0773. The Hall–Kier alpha value is -1.55. The summed E-state index contributed by atoms with van der Waals surface area (Å²) in [5.74, 6) is 0.968. The molecular formula is C18H25NO3. The number of carbonyl (C=O) groups is 1. The van der Waals surface area contributed by atoms with E-state index in [-0.39, 0.29) is 17.9 Å². The van der Waals surface area contributed by atoms with E-state index in [0.29, 0.717) is 18.2 Å². The van der Waals surface area contributed by atoms with Gasteiger partial charge in [-0.3, -0.25) is 4.79 Å². The van der Waals surface area contributed by atoms with Gasteiger partial charge in [-0.1, -0.05) is 6.42 Å². The average molecular weight is 303 g/mol. The number of aliphatic hydroxyl groups excluding tert-OH is 1. The highest BCUT2D eigenvalue weighted by Crippen LogP contribution is 2.25. The first-order valence-corrected chi connectivity index (χ1v) is 8.45. The van der Waals surface area contributed by atoms with Crippen LogP contribution in [0.4, 0.5) is 0 Å². The van der Waals surface area contributed by atoms with Gasteiger partial charge in [0.25, 0.3) is 5.91 Å². The van der Waals surface area contributed by atoms with E-state index in [9.17, 15) is 9.90 Å². The number of hydrogen-bond donors (Lipinski definition) is 2. The molecule has 0 radical (unpaired) electrons. The molecule has 1 aromatic rings. The predicted molar refractivity (Wildman–Crippen MR) is 85.0 cm³/mol. The van der Waals surface area contributed by atoms with Gasteiger partial charge in [0.05, 0.1) is 12.2 Å². The third-order valence-electron chi connectivity index (χ3n) is 4.87. The van der Waals surface area contributed by atoms with Crippen LogP contribution in [0.1, 0.15) is 55.3 Å². The van der Waals surface area contributed by atoms with Crippen LogP contribution in [-0.4, -0.2) is 29.8 Å². The van der Waals surface area contributed by atoms with Crippen molar-refractivity contribution in [2.24, 2.45) is 5.92 Å². The van der Waals surface area contributed by atoms with E-state index in [1.54, 1.807) is 0 Å². The molecule has 0 heterocycles. The third-order valence-corrected chi connectivity index (χ3v) is 4.87. The maximum absolute atomic E-state index is 12.1. The van der Waals surface area contributed by atoms with Crippen LogP contribution in [0.25, 0.3) is 0 Å². The molecule has 1 aromatic carbocycles. The van der Waals surface area contributed by atoms with Crippen molar-refractivity contribution in [3.63, 3.8) is 0 Å². The summed E-state index contributed by atoms with van der Waals surface area (Å²) in [6.07, 6.45) is 7.73. The molecule has 0 bridgehead atoms. The first-order chi connectivity index (χ1) is 10.7. The largest absolute Gasteiger partial charge is 0.490 e. The van der Waals surface area contributed by atoms with Crippen molar-refractivity contribution in [2.75, 3.05) is 6.54 Å². The number of ether oxygens (including phenoxy) is 1. The molecule has 2 atom stereocenters. The van der Waals surface area contributed by atoms with E-state index >= 15 is 0 Å². The molecule has 0 saturated heterocycles. The zero-order valence-corrected chi connectivity index (χ0v) is 13.0. The molecule has 2 unspecified atom stereocenters. The van der Waals surface area contributed by atoms with E-state index in [1.807, 2.05) is 24.3 Å². The molecule has 120 valence electrons. The molecule has 2 fully saturated rings. The summed E-state index contributed by atoms with van der Waals surface area (Å²) in [4.78, 5) is 12.1. The fraction of sp³-hybridized carbons (Fsp3) is 0.611. The Morgan fingerprint density at radius 2 is 1.82 bits per heavy atom. The van der Waals surface area contributed by atoms with Crippen molar-refractivity contribution in [3.05, 3.63) is 29.8 Å². The number of hydrogen-bond acceptors (Lipinski definition) is 3. The number of carbonyl (C=O) groups excluding carboxylic acids is 1. The summed E-state index contributed by atoms with van der Waals surface area (Å²) in [7, 11) is 0. The summed E-state index contributed by atoms with van der Waals surface area (Å²) in [6, 6.07) is 7.37. The molecule has 2 aliphatic rings. The second kappa shape index (κ2) is 7.14. The van der Waals surface area contributed by atoms with Crippen molar-refractivity contribution < 1.29 is 14.6 Å². The Balaban J connectivity index is 1.49. The highest BCUT2D eigenvalue weighted by Gasteiger charge is 2.25. The van der Waals surface area contributed by atoms with Crippen LogP contribution < -0.4 is 10.1 Å². The molecule has 4 nitrogen and oxygen atoms in total. The zero-order valence-electron chi connectivity index (χ0n) is 13.0. The summed E-state index contributed by atoms with van der Waals surface area (Å²) in [5.41, 5.74) is 0.645. The van der Waals surface area contributed by atoms with Crippen molar-refractivity contribution in [1.82, 2.24) is 5.32 Å². The monoisotopic (exact) mass is 303 g/mol. The van der Waals surface area contributed by atoms with Crippen molar-refractivity contribution in [1.29, 1.82) is 0 Å². The lowest BCUT2D eigenvalue weighted by Gasteiger charge is -2.15. The quantitative estimate of drug-likeness (QED) is 0.879. The van der Waals surface area contributed by atoms with E-state index in [0.717, 1.165) is 37.9 Å². The summed E-state index contributed by atoms with van der Waals surface area (Å²) in [6.45, 7) is 0.556. The number of amides is 1. The molecule has 2 saturated carbocycles. The minimum Gasteiger partial charge on any atom is -0.490 e. The standard InChI is InChI=1S/C18H25NO3/c20-17-7-3-4-14(17)12-19-18(21)13-8-10-16(11-9-13)22-15-5-1-2-6-15/h8-11,14-15,17,20H,1-7,12H2,(H,19,21). The lowest BCUT2D eigenvalue weighted by atomic mass is 10.1. The van der Waals surface area contributed by atoms with Crippen LogP contribution in [0, 0.1) is 5.92 Å². The molecule has 3 rings (SSSR count). The molecule has 0 spiro atoms. The van der Waals surface area contributed by atoms with Gasteiger partial charge in [-0.25, -0.2) is 0 Å². The van der Waals surface area contributed by atoms with Crippen molar-refractivity contribution in [3.8, 4) is 5.75 Å². The van der Waals surface area contributed by atoms with Gasteiger partial charge >= 0.3 is 0 Å². The molecule has 1 amide bonds. The van der Waals surface area contributed by atoms with Gasteiger partial charge in [-0.2, -0.15) is 0 Å². The van der Waals surface area contributed by atoms with Crippen LogP contribution in [0.3, 0.4) is 0 Å². The Morgan fingerprint density at radius 3 is 2.45 bits per heavy atom. The number of benzene rings is 1. The maximum atomic E-state index is 12.1. The van der Waals surface area contributed by atoms with E-state index in [2.05, 4.69) is 5.32 Å². The van der Waals surface area contributed by atoms with Crippen molar-refractivity contribution >= 4 is 5.91 Å². The van der Waals surface area contributed by atoms with E-state index < -0.39 is 0 Å². The van der Waals surface area contributed by atoms with Gasteiger partial charge in [-0.15, -0.1) is 0 Å². The second-order valence-electron chi connectivity index (χ2n) is 6.52. The molecule has 0 aliphatic heterocycles. The summed E-state index contributed by atoms with van der Waals surface area (Å²) >= 11 is 0. The Labute approximate surface area is 131 Å². The lowest BCUT2D eigenvalue weighted by Crippen LogP contribution is -2.32. The lowest BCUT2D eigenvalue weighted by molar-refractivity contribution is 0.0916. The van der Waals surface area contributed by atoms with Crippen LogP contribution in [0.15, 0.2) is 24.3 Å². The molecular weight excluding hydrogens is 278 g/mol. The SMILES string of the molecule is O=C(NCC1CCCC1O)c1ccc(OC2CCCC2)cc1. The Kier molecular flexibility index (Phi) is 4.98. The van der Waals surface area contributed by atoms with Gasteiger partial charge in [0.1, 0.15) is 5.75 Å². The zero-order chi connectivity index (χ0) is 15.4. The molecule has 2 aliphatic carbocycles. The number of rotatable bonds is 5. The first kappa shape index (κ1) is 15.3. The molecule has 2 N–H and O–H groups in total. The van der Waals surface area contributed by atoms with Gasteiger partial charge in [-0.05, 0) is 62.8 Å². The number of aliphatic hydroxyl groups is 1. The van der Waals surface area contributed by atoms with Crippen molar-refractivity contribution in [2.45, 2.75) is 57.2 Å². The average Bonchev–Trinajstić information content (AvgIpc) is 3.17. The first-order valence-electron chi connectivity index (χ1n) is 8.45. The Morgan fingerprint density at radius 1 is 1.09 bits per heavy atom. The fourth-order valence-corrected chi connectivity index (χ4v) is 3.46. The van der Waals surface area contributed by atoms with E-state index in [4.69, 9.17) is 4.74 Å². The van der Waals surface area contributed by atoms with E-state index in [1.165, 1.54) is 12.8 Å². The topological polar surface area (TPSA) is 58.6 Å². The minimum atomic E-state index is -0.262. The van der Waals surface area contributed by atoms with Crippen LogP contribution in [0.5, 0.6) is 5.75 Å². The van der Waals surface area contributed by atoms with Crippen LogP contribution in [0.2, 0.25) is 0 Å². The van der Waals surface area contributed by atoms with Gasteiger partial charge in [0.15, 0.2) is 0 Å². The maximum Gasteiger partial charge on any atom is 0.251 e. The van der Waals surface area contributed by atoms with Gasteiger partial charge < -0.3 is 15.2 Å². The van der Waals surface area contributed by atoms with Gasteiger partial charge in [0.2, 0.25) is 0 Å². The third kappa shape index (κ3) is 3.80. The van der Waals surface area contributed by atoms with Crippen LogP contribution >= 0.6 is 0 Å². The number of nitrogens with one attached hydrogen (secondary N) is 1. The molecule has 4 heteroatoms. The summed E-state index contributed by atoms with van der Waals surface area (Å²) in [5, 5.41) is 12.7. The normalized spacial score (nSPS) is 25.3. The molecule has 0 aromatic heterocycles.